The van der Waals surface area contributed by atoms with E-state index < -0.39 is 0 Å². The van der Waals surface area contributed by atoms with Crippen molar-refractivity contribution in [3.63, 3.8) is 0 Å². The van der Waals surface area contributed by atoms with Crippen molar-refractivity contribution in [1.29, 1.82) is 0 Å². The normalized spacial score (nSPS) is 25.2. The number of halogens is 2. The van der Waals surface area contributed by atoms with Gasteiger partial charge in [-0.25, -0.2) is 0 Å². The summed E-state index contributed by atoms with van der Waals surface area (Å²) in [7, 11) is 0. The molecular formula is C15H16Cl2O. The molecule has 0 spiro atoms. The minimum Gasteiger partial charge on any atom is -0.461 e. The van der Waals surface area contributed by atoms with Gasteiger partial charge in [0.05, 0.1) is 0 Å². The molecule has 2 aromatic rings. The Kier molecular flexibility index (Phi) is 3.54. The second-order valence-electron chi connectivity index (χ2n) is 5.09. The summed E-state index contributed by atoms with van der Waals surface area (Å²) in [5.41, 5.74) is 0.905. The van der Waals surface area contributed by atoms with E-state index in [1.165, 1.54) is 19.3 Å². The minimum atomic E-state index is 0.198. The van der Waals surface area contributed by atoms with Crippen molar-refractivity contribution in [3.8, 4) is 0 Å². The van der Waals surface area contributed by atoms with Gasteiger partial charge in [0, 0.05) is 21.7 Å². The van der Waals surface area contributed by atoms with Crippen LogP contribution in [0.5, 0.6) is 0 Å². The van der Waals surface area contributed by atoms with Crippen LogP contribution in [0.25, 0.3) is 11.0 Å². The average Bonchev–Trinajstić information content (AvgIpc) is 2.63. The predicted molar refractivity (Wildman–Crippen MR) is 76.7 cm³/mol. The number of furan rings is 1. The van der Waals surface area contributed by atoms with Gasteiger partial charge in [-0.05, 0) is 37.1 Å². The second kappa shape index (κ2) is 5.14. The highest BCUT2D eigenvalue weighted by molar-refractivity contribution is 6.31. The zero-order valence-corrected chi connectivity index (χ0v) is 11.7. The Labute approximate surface area is 117 Å². The molecule has 1 fully saturated rings. The van der Waals surface area contributed by atoms with Crippen molar-refractivity contribution in [2.75, 3.05) is 0 Å². The molecule has 96 valence electrons. The van der Waals surface area contributed by atoms with Crippen molar-refractivity contribution in [1.82, 2.24) is 0 Å². The molecule has 1 nitrogen and oxygen atoms in total. The highest BCUT2D eigenvalue weighted by Gasteiger charge is 2.26. The van der Waals surface area contributed by atoms with E-state index in [0.717, 1.165) is 34.6 Å². The summed E-state index contributed by atoms with van der Waals surface area (Å²) in [6, 6.07) is 7.85. The lowest BCUT2D eigenvalue weighted by molar-refractivity contribution is 0.460. The van der Waals surface area contributed by atoms with E-state index in [1.54, 1.807) is 0 Å². The first-order valence-corrected chi connectivity index (χ1v) is 7.38. The fourth-order valence-electron chi connectivity index (χ4n) is 2.80. The first-order valence-electron chi connectivity index (χ1n) is 6.57. The minimum absolute atomic E-state index is 0.198. The van der Waals surface area contributed by atoms with Gasteiger partial charge in [-0.1, -0.05) is 30.9 Å². The average molecular weight is 283 g/mol. The number of hydrogen-bond donors (Lipinski definition) is 0. The fraction of sp³-hybridized carbons (Fsp3) is 0.467. The van der Waals surface area contributed by atoms with E-state index in [1.807, 2.05) is 18.2 Å². The van der Waals surface area contributed by atoms with Crippen LogP contribution in [0.3, 0.4) is 0 Å². The van der Waals surface area contributed by atoms with E-state index in [9.17, 15) is 0 Å². The molecule has 1 aliphatic carbocycles. The standard InChI is InChI=1S/C15H16Cl2O/c16-11-6-7-14-10(8-11)9-15(18-14)12-4-2-1-3-5-13(12)17/h6-9,12-13H,1-5H2. The quantitative estimate of drug-likeness (QED) is 0.480. The Bertz CT molecular complexity index is 546. The van der Waals surface area contributed by atoms with Crippen LogP contribution in [0.1, 0.15) is 43.8 Å². The molecule has 18 heavy (non-hydrogen) atoms. The maximum absolute atomic E-state index is 6.49. The van der Waals surface area contributed by atoms with Crippen molar-refractivity contribution in [2.45, 2.75) is 43.4 Å². The largest absolute Gasteiger partial charge is 0.461 e. The van der Waals surface area contributed by atoms with Crippen LogP contribution in [0.15, 0.2) is 28.7 Å². The highest BCUT2D eigenvalue weighted by Crippen LogP contribution is 2.38. The van der Waals surface area contributed by atoms with Crippen molar-refractivity contribution < 1.29 is 4.42 Å². The maximum Gasteiger partial charge on any atom is 0.134 e. The van der Waals surface area contributed by atoms with Crippen LogP contribution < -0.4 is 0 Å². The van der Waals surface area contributed by atoms with Crippen LogP contribution in [0, 0.1) is 0 Å². The molecule has 1 aromatic carbocycles. The molecule has 3 heteroatoms. The third kappa shape index (κ3) is 2.39. The zero-order chi connectivity index (χ0) is 12.5. The summed E-state index contributed by atoms with van der Waals surface area (Å²) in [4.78, 5) is 0. The van der Waals surface area contributed by atoms with Gasteiger partial charge in [0.2, 0.25) is 0 Å². The molecule has 1 aliphatic rings. The lowest BCUT2D eigenvalue weighted by Gasteiger charge is -2.16. The summed E-state index contributed by atoms with van der Waals surface area (Å²) in [6.45, 7) is 0. The molecule has 1 saturated carbocycles. The molecule has 0 N–H and O–H groups in total. The van der Waals surface area contributed by atoms with Gasteiger partial charge in [0.15, 0.2) is 0 Å². The Morgan fingerprint density at radius 2 is 1.89 bits per heavy atom. The van der Waals surface area contributed by atoms with Gasteiger partial charge in [0.25, 0.3) is 0 Å². The summed E-state index contributed by atoms with van der Waals surface area (Å²) < 4.78 is 5.95. The molecule has 0 bridgehead atoms. The van der Waals surface area contributed by atoms with E-state index in [0.29, 0.717) is 5.92 Å². The summed E-state index contributed by atoms with van der Waals surface area (Å²) in [6.07, 6.45) is 5.97. The van der Waals surface area contributed by atoms with E-state index in [2.05, 4.69) is 6.07 Å². The van der Waals surface area contributed by atoms with E-state index in [4.69, 9.17) is 27.6 Å². The summed E-state index contributed by atoms with van der Waals surface area (Å²) in [5.74, 6) is 1.37. The van der Waals surface area contributed by atoms with Crippen molar-refractivity contribution >= 4 is 34.2 Å². The first kappa shape index (κ1) is 12.4. The van der Waals surface area contributed by atoms with Crippen LogP contribution in [0.2, 0.25) is 5.02 Å². The Morgan fingerprint density at radius 1 is 1.06 bits per heavy atom. The van der Waals surface area contributed by atoms with Gasteiger partial charge in [-0.3, -0.25) is 0 Å². The summed E-state index contributed by atoms with van der Waals surface area (Å²) >= 11 is 12.5. The molecule has 2 unspecified atom stereocenters. The number of hydrogen-bond acceptors (Lipinski definition) is 1. The van der Waals surface area contributed by atoms with Gasteiger partial charge >= 0.3 is 0 Å². The molecule has 3 rings (SSSR count). The Morgan fingerprint density at radius 3 is 2.78 bits per heavy atom. The van der Waals surface area contributed by atoms with Crippen molar-refractivity contribution in [3.05, 3.63) is 35.0 Å². The summed E-state index contributed by atoms with van der Waals surface area (Å²) in [5, 5.41) is 2.02. The van der Waals surface area contributed by atoms with Crippen LogP contribution >= 0.6 is 23.2 Å². The smallest absolute Gasteiger partial charge is 0.134 e. The van der Waals surface area contributed by atoms with Crippen LogP contribution in [-0.4, -0.2) is 5.38 Å². The number of benzene rings is 1. The van der Waals surface area contributed by atoms with Crippen LogP contribution in [-0.2, 0) is 0 Å². The third-order valence-electron chi connectivity index (χ3n) is 3.79. The van der Waals surface area contributed by atoms with Gasteiger partial charge in [0.1, 0.15) is 11.3 Å². The number of rotatable bonds is 1. The number of alkyl halides is 1. The monoisotopic (exact) mass is 282 g/mol. The SMILES string of the molecule is Clc1ccc2oc(C3CCCCCC3Cl)cc2c1. The molecule has 1 heterocycles. The van der Waals surface area contributed by atoms with E-state index >= 15 is 0 Å². The van der Waals surface area contributed by atoms with Gasteiger partial charge in [-0.2, -0.15) is 0 Å². The lowest BCUT2D eigenvalue weighted by atomic mass is 9.97. The molecule has 0 radical (unpaired) electrons. The van der Waals surface area contributed by atoms with Gasteiger partial charge in [-0.15, -0.1) is 11.6 Å². The molecule has 0 amide bonds. The molecule has 1 aromatic heterocycles. The molecular weight excluding hydrogens is 267 g/mol. The topological polar surface area (TPSA) is 13.1 Å². The van der Waals surface area contributed by atoms with E-state index in [-0.39, 0.29) is 5.38 Å². The third-order valence-corrected chi connectivity index (χ3v) is 4.55. The predicted octanol–water partition coefficient (Wildman–Crippen LogP) is 5.74. The Hall–Kier alpha value is -0.660. The zero-order valence-electron chi connectivity index (χ0n) is 10.2. The molecule has 0 saturated heterocycles. The number of fused-ring (bicyclic) bond motifs is 1. The highest BCUT2D eigenvalue weighted by atomic mass is 35.5. The first-order chi connectivity index (χ1) is 8.74. The van der Waals surface area contributed by atoms with Crippen LogP contribution in [0.4, 0.5) is 0 Å². The van der Waals surface area contributed by atoms with Crippen molar-refractivity contribution in [2.24, 2.45) is 0 Å². The maximum atomic E-state index is 6.49. The van der Waals surface area contributed by atoms with Gasteiger partial charge < -0.3 is 4.42 Å². The Balaban J connectivity index is 1.97. The lowest BCUT2D eigenvalue weighted by Crippen LogP contribution is -2.10. The molecule has 0 aliphatic heterocycles. The molecule has 2 atom stereocenters. The fourth-order valence-corrected chi connectivity index (χ4v) is 3.39. The second-order valence-corrected chi connectivity index (χ2v) is 6.09.